The number of aromatic carboxylic acids is 1. The monoisotopic (exact) mass is 285 g/mol. The summed E-state index contributed by atoms with van der Waals surface area (Å²) < 4.78 is 19.5. The van der Waals surface area contributed by atoms with Crippen molar-refractivity contribution in [3.05, 3.63) is 40.9 Å². The molecule has 0 aliphatic heterocycles. The molecule has 0 unspecified atom stereocenters. The molecule has 0 atom stereocenters. The van der Waals surface area contributed by atoms with Crippen molar-refractivity contribution in [2.24, 2.45) is 0 Å². The van der Waals surface area contributed by atoms with Crippen LogP contribution in [0.2, 0.25) is 5.02 Å². The van der Waals surface area contributed by atoms with E-state index in [-0.39, 0.29) is 17.3 Å². The molecule has 100 valence electrons. The van der Waals surface area contributed by atoms with Gasteiger partial charge in [0, 0.05) is 0 Å². The number of carboxylic acid groups (broad SMARTS) is 1. The van der Waals surface area contributed by atoms with Crippen LogP contribution in [0.15, 0.2) is 24.4 Å². The van der Waals surface area contributed by atoms with E-state index in [0.717, 1.165) is 6.07 Å². The fraction of sp³-hybridized carbons (Fsp3) is 0.182. The smallest absolute Gasteiger partial charge is 0.358 e. The summed E-state index contributed by atoms with van der Waals surface area (Å²) >= 11 is 5.78. The Bertz CT molecular complexity index is 603. The van der Waals surface area contributed by atoms with E-state index in [1.807, 2.05) is 0 Å². The zero-order chi connectivity index (χ0) is 13.8. The van der Waals surface area contributed by atoms with Gasteiger partial charge in [-0.3, -0.25) is 0 Å². The summed E-state index contributed by atoms with van der Waals surface area (Å²) in [6.45, 7) is 0.502. The minimum Gasteiger partial charge on any atom is -0.490 e. The van der Waals surface area contributed by atoms with Crippen molar-refractivity contribution in [2.75, 3.05) is 6.61 Å². The Morgan fingerprint density at radius 3 is 2.95 bits per heavy atom. The van der Waals surface area contributed by atoms with Crippen LogP contribution in [0.1, 0.15) is 10.5 Å². The van der Waals surface area contributed by atoms with Crippen molar-refractivity contribution in [3.8, 4) is 5.75 Å². The van der Waals surface area contributed by atoms with Gasteiger partial charge in [0.1, 0.15) is 18.2 Å². The molecule has 8 heteroatoms. The Kier molecular flexibility index (Phi) is 3.96. The number of aromatic nitrogens is 3. The van der Waals surface area contributed by atoms with Crippen LogP contribution < -0.4 is 4.74 Å². The lowest BCUT2D eigenvalue weighted by molar-refractivity contribution is 0.0690. The summed E-state index contributed by atoms with van der Waals surface area (Å²) in [7, 11) is 0. The normalized spacial score (nSPS) is 10.4. The Morgan fingerprint density at radius 2 is 2.32 bits per heavy atom. The Balaban J connectivity index is 1.90. The average molecular weight is 286 g/mol. The van der Waals surface area contributed by atoms with Crippen molar-refractivity contribution < 1.29 is 19.0 Å². The van der Waals surface area contributed by atoms with Gasteiger partial charge in [0.15, 0.2) is 5.69 Å². The van der Waals surface area contributed by atoms with Crippen molar-refractivity contribution in [2.45, 2.75) is 6.54 Å². The molecule has 1 aromatic carbocycles. The molecule has 2 rings (SSSR count). The van der Waals surface area contributed by atoms with Crippen molar-refractivity contribution in [1.29, 1.82) is 0 Å². The number of hydrogen-bond acceptors (Lipinski definition) is 4. The van der Waals surface area contributed by atoms with Crippen LogP contribution >= 0.6 is 11.6 Å². The van der Waals surface area contributed by atoms with Crippen LogP contribution in [0.4, 0.5) is 4.39 Å². The zero-order valence-electron chi connectivity index (χ0n) is 9.58. The number of ether oxygens (including phenoxy) is 1. The Labute approximate surface area is 112 Å². The number of hydrogen-bond donors (Lipinski definition) is 1. The highest BCUT2D eigenvalue weighted by atomic mass is 35.5. The van der Waals surface area contributed by atoms with Gasteiger partial charge in [-0.15, -0.1) is 5.10 Å². The van der Waals surface area contributed by atoms with Crippen LogP contribution in [0.3, 0.4) is 0 Å². The van der Waals surface area contributed by atoms with E-state index in [9.17, 15) is 9.18 Å². The highest BCUT2D eigenvalue weighted by Crippen LogP contribution is 2.24. The highest BCUT2D eigenvalue weighted by Gasteiger charge is 2.08. The molecule has 0 spiro atoms. The third kappa shape index (κ3) is 3.41. The van der Waals surface area contributed by atoms with E-state index in [0.29, 0.717) is 12.3 Å². The molecule has 19 heavy (non-hydrogen) atoms. The van der Waals surface area contributed by atoms with E-state index in [4.69, 9.17) is 21.4 Å². The van der Waals surface area contributed by atoms with Crippen molar-refractivity contribution in [3.63, 3.8) is 0 Å². The first-order valence-corrected chi connectivity index (χ1v) is 5.65. The number of rotatable bonds is 5. The van der Waals surface area contributed by atoms with E-state index in [1.54, 1.807) is 0 Å². The second-order valence-electron chi connectivity index (χ2n) is 3.60. The molecule has 0 bridgehead atoms. The third-order valence-electron chi connectivity index (χ3n) is 2.23. The predicted molar refractivity (Wildman–Crippen MR) is 63.9 cm³/mol. The van der Waals surface area contributed by atoms with Gasteiger partial charge < -0.3 is 9.84 Å². The number of halogens is 2. The molecule has 1 aromatic heterocycles. The third-order valence-corrected chi connectivity index (χ3v) is 2.53. The predicted octanol–water partition coefficient (Wildman–Crippen LogP) is 1.85. The van der Waals surface area contributed by atoms with Gasteiger partial charge in [-0.25, -0.2) is 13.9 Å². The molecule has 0 aliphatic rings. The standard InChI is InChI=1S/C11H9ClFN3O3/c12-8-5-7(13)1-2-10(8)19-4-3-16-6-9(11(17)18)14-15-16/h1-2,5-6H,3-4H2,(H,17,18). The number of carboxylic acids is 1. The molecule has 0 amide bonds. The number of benzene rings is 1. The van der Waals surface area contributed by atoms with E-state index in [2.05, 4.69) is 10.3 Å². The number of nitrogens with zero attached hydrogens (tertiary/aromatic N) is 3. The molecule has 0 fully saturated rings. The minimum absolute atomic E-state index is 0.139. The molecule has 0 saturated heterocycles. The summed E-state index contributed by atoms with van der Waals surface area (Å²) in [6.07, 6.45) is 1.29. The molecular weight excluding hydrogens is 277 g/mol. The summed E-state index contributed by atoms with van der Waals surface area (Å²) in [5.41, 5.74) is -0.139. The topological polar surface area (TPSA) is 77.2 Å². The van der Waals surface area contributed by atoms with Crippen molar-refractivity contribution in [1.82, 2.24) is 15.0 Å². The molecule has 1 heterocycles. The maximum atomic E-state index is 12.8. The van der Waals surface area contributed by atoms with Gasteiger partial charge in [0.2, 0.25) is 0 Å². The lowest BCUT2D eigenvalue weighted by Gasteiger charge is -2.07. The van der Waals surface area contributed by atoms with Gasteiger partial charge in [0.05, 0.1) is 17.8 Å². The summed E-state index contributed by atoms with van der Waals surface area (Å²) in [5, 5.41) is 15.9. The average Bonchev–Trinajstić information content (AvgIpc) is 2.81. The molecule has 6 nitrogen and oxygen atoms in total. The van der Waals surface area contributed by atoms with Gasteiger partial charge in [0.25, 0.3) is 0 Å². The summed E-state index contributed by atoms with van der Waals surface area (Å²) in [4.78, 5) is 10.6. The molecule has 2 aromatic rings. The van der Waals surface area contributed by atoms with Crippen molar-refractivity contribution >= 4 is 17.6 Å². The first-order chi connectivity index (χ1) is 9.06. The first kappa shape index (κ1) is 13.3. The fourth-order valence-corrected chi connectivity index (χ4v) is 1.57. The zero-order valence-corrected chi connectivity index (χ0v) is 10.3. The van der Waals surface area contributed by atoms with Crippen LogP contribution in [0.5, 0.6) is 5.75 Å². The largest absolute Gasteiger partial charge is 0.490 e. The van der Waals surface area contributed by atoms with Gasteiger partial charge in [-0.05, 0) is 18.2 Å². The van der Waals surface area contributed by atoms with Crippen LogP contribution in [0, 0.1) is 5.82 Å². The number of carbonyl (C=O) groups is 1. The summed E-state index contributed by atoms with van der Waals surface area (Å²) in [5.74, 6) is -1.24. The molecule has 1 N–H and O–H groups in total. The van der Waals surface area contributed by atoms with E-state index < -0.39 is 11.8 Å². The second kappa shape index (κ2) is 5.66. The van der Waals surface area contributed by atoms with Gasteiger partial charge in [-0.1, -0.05) is 16.8 Å². The minimum atomic E-state index is -1.14. The maximum absolute atomic E-state index is 12.8. The van der Waals surface area contributed by atoms with Crippen LogP contribution in [-0.2, 0) is 6.54 Å². The lowest BCUT2D eigenvalue weighted by atomic mass is 10.3. The lowest BCUT2D eigenvalue weighted by Crippen LogP contribution is -2.09. The quantitative estimate of drug-likeness (QED) is 0.907. The van der Waals surface area contributed by atoms with E-state index in [1.165, 1.54) is 23.0 Å². The van der Waals surface area contributed by atoms with Gasteiger partial charge >= 0.3 is 5.97 Å². The second-order valence-corrected chi connectivity index (χ2v) is 4.00. The van der Waals surface area contributed by atoms with Crippen LogP contribution in [0.25, 0.3) is 0 Å². The van der Waals surface area contributed by atoms with Crippen LogP contribution in [-0.4, -0.2) is 32.7 Å². The van der Waals surface area contributed by atoms with E-state index >= 15 is 0 Å². The fourth-order valence-electron chi connectivity index (χ4n) is 1.35. The SMILES string of the molecule is O=C(O)c1cn(CCOc2ccc(F)cc2Cl)nn1. The first-order valence-electron chi connectivity index (χ1n) is 5.27. The Morgan fingerprint density at radius 1 is 1.53 bits per heavy atom. The summed E-state index contributed by atoms with van der Waals surface area (Å²) in [6, 6.07) is 3.80. The maximum Gasteiger partial charge on any atom is 0.358 e. The molecule has 0 saturated carbocycles. The highest BCUT2D eigenvalue weighted by molar-refractivity contribution is 6.32. The Hall–Kier alpha value is -2.15. The van der Waals surface area contributed by atoms with Gasteiger partial charge in [-0.2, -0.15) is 0 Å². The molecule has 0 aliphatic carbocycles. The molecular formula is C11H9ClFN3O3. The molecule has 0 radical (unpaired) electrons.